The number of hydrazone groups is 1. The minimum Gasteiger partial charge on any atom is -0.464 e. The van der Waals surface area contributed by atoms with Crippen molar-refractivity contribution in [1.82, 2.24) is 0 Å². The predicted molar refractivity (Wildman–Crippen MR) is 92.8 cm³/mol. The predicted octanol–water partition coefficient (Wildman–Crippen LogP) is 3.93. The molecule has 0 amide bonds. The van der Waals surface area contributed by atoms with Gasteiger partial charge in [0, 0.05) is 14.2 Å². The highest BCUT2D eigenvalue weighted by atomic mass is 127. The van der Waals surface area contributed by atoms with E-state index >= 15 is 0 Å². The van der Waals surface area contributed by atoms with Crippen LogP contribution in [-0.2, 0) is 9.53 Å². The van der Waals surface area contributed by atoms with Crippen LogP contribution in [0.15, 0.2) is 53.6 Å². The summed E-state index contributed by atoms with van der Waals surface area (Å²) in [5.74, 6) is -0.529. The van der Waals surface area contributed by atoms with Crippen LogP contribution < -0.4 is 5.43 Å². The van der Waals surface area contributed by atoms with E-state index in [0.29, 0.717) is 10.6 Å². The number of carbonyl (C=O) groups is 1. The molecule has 108 valence electrons. The Bertz CT molecular complexity index is 675. The lowest BCUT2D eigenvalue weighted by molar-refractivity contribution is -0.132. The number of halogens is 2. The van der Waals surface area contributed by atoms with Crippen molar-refractivity contribution in [3.63, 3.8) is 0 Å². The summed E-state index contributed by atoms with van der Waals surface area (Å²) in [6.45, 7) is 0. The Morgan fingerprint density at radius 1 is 1.24 bits per heavy atom. The van der Waals surface area contributed by atoms with Crippen molar-refractivity contribution >= 4 is 51.6 Å². The van der Waals surface area contributed by atoms with E-state index in [1.54, 1.807) is 12.1 Å². The third-order valence-electron chi connectivity index (χ3n) is 2.63. The lowest BCUT2D eigenvalue weighted by atomic mass is 10.1. The average molecular weight is 415 g/mol. The van der Waals surface area contributed by atoms with Crippen molar-refractivity contribution < 1.29 is 9.53 Å². The third kappa shape index (κ3) is 4.18. The topological polar surface area (TPSA) is 50.7 Å². The molecule has 1 N–H and O–H groups in total. The quantitative estimate of drug-likeness (QED) is 0.357. The summed E-state index contributed by atoms with van der Waals surface area (Å²) < 4.78 is 5.65. The molecule has 0 aliphatic carbocycles. The minimum atomic E-state index is -0.529. The molecule has 2 aromatic carbocycles. The summed E-state index contributed by atoms with van der Waals surface area (Å²) in [5.41, 5.74) is 4.42. The van der Waals surface area contributed by atoms with E-state index in [0.717, 1.165) is 9.26 Å². The number of methoxy groups -OCH3 is 1. The highest BCUT2D eigenvalue weighted by Crippen LogP contribution is 2.19. The maximum absolute atomic E-state index is 12.0. The molecule has 0 bridgehead atoms. The number of ether oxygens (including phenoxy) is 1. The second kappa shape index (κ2) is 7.42. The maximum Gasteiger partial charge on any atom is 0.359 e. The molecule has 0 aliphatic rings. The van der Waals surface area contributed by atoms with Gasteiger partial charge in [0.05, 0.1) is 12.8 Å². The third-order valence-corrected chi connectivity index (χ3v) is 3.81. The second-order valence-corrected chi connectivity index (χ2v) is 5.65. The van der Waals surface area contributed by atoms with Crippen LogP contribution in [0.1, 0.15) is 5.56 Å². The van der Waals surface area contributed by atoms with Gasteiger partial charge in [-0.05, 0) is 52.9 Å². The van der Waals surface area contributed by atoms with Gasteiger partial charge in [0.2, 0.25) is 0 Å². The Kier molecular flexibility index (Phi) is 5.58. The number of rotatable bonds is 4. The van der Waals surface area contributed by atoms with Gasteiger partial charge in [-0.25, -0.2) is 4.79 Å². The zero-order chi connectivity index (χ0) is 15.2. The first kappa shape index (κ1) is 15.8. The molecule has 0 aromatic heterocycles. The summed E-state index contributed by atoms with van der Waals surface area (Å²) in [6, 6.07) is 14.6. The Hall–Kier alpha value is -1.60. The van der Waals surface area contributed by atoms with Gasteiger partial charge in [-0.3, -0.25) is 5.43 Å². The molecule has 0 saturated heterocycles. The number of hydrogen-bond acceptors (Lipinski definition) is 4. The van der Waals surface area contributed by atoms with Crippen molar-refractivity contribution in [1.29, 1.82) is 0 Å². The fourth-order valence-corrected chi connectivity index (χ4v) is 2.39. The molecule has 0 fully saturated rings. The Morgan fingerprint density at radius 3 is 2.62 bits per heavy atom. The average Bonchev–Trinajstić information content (AvgIpc) is 2.51. The van der Waals surface area contributed by atoms with Gasteiger partial charge in [0.1, 0.15) is 0 Å². The number of benzene rings is 2. The van der Waals surface area contributed by atoms with Gasteiger partial charge in [0.15, 0.2) is 5.71 Å². The Morgan fingerprint density at radius 2 is 1.95 bits per heavy atom. The van der Waals surface area contributed by atoms with Gasteiger partial charge in [0.25, 0.3) is 0 Å². The molecular weight excluding hydrogens is 403 g/mol. The Labute approximate surface area is 141 Å². The van der Waals surface area contributed by atoms with E-state index in [2.05, 4.69) is 33.1 Å². The molecule has 2 aromatic rings. The van der Waals surface area contributed by atoms with Crippen LogP contribution in [0.3, 0.4) is 0 Å². The van der Waals surface area contributed by atoms with E-state index in [9.17, 15) is 4.79 Å². The first-order chi connectivity index (χ1) is 10.1. The number of hydrogen-bond donors (Lipinski definition) is 1. The van der Waals surface area contributed by atoms with E-state index in [4.69, 9.17) is 16.3 Å². The van der Waals surface area contributed by atoms with Crippen LogP contribution in [0.4, 0.5) is 5.69 Å². The van der Waals surface area contributed by atoms with Gasteiger partial charge in [-0.15, -0.1) is 0 Å². The number of nitrogens with one attached hydrogen (secondary N) is 1. The molecule has 6 heteroatoms. The van der Waals surface area contributed by atoms with Crippen LogP contribution >= 0.6 is 34.2 Å². The molecule has 0 spiro atoms. The normalized spacial score (nSPS) is 11.1. The van der Waals surface area contributed by atoms with Crippen LogP contribution in [0.2, 0.25) is 5.02 Å². The van der Waals surface area contributed by atoms with Crippen LogP contribution in [0.5, 0.6) is 0 Å². The molecular formula is C15H12ClIN2O2. The number of nitrogens with zero attached hydrogens (tertiary/aromatic N) is 1. The van der Waals surface area contributed by atoms with E-state index in [1.165, 1.54) is 7.11 Å². The molecule has 21 heavy (non-hydrogen) atoms. The van der Waals surface area contributed by atoms with Gasteiger partial charge < -0.3 is 4.74 Å². The smallest absolute Gasteiger partial charge is 0.359 e. The van der Waals surface area contributed by atoms with Crippen molar-refractivity contribution in [3.8, 4) is 0 Å². The second-order valence-electron chi connectivity index (χ2n) is 4.05. The maximum atomic E-state index is 12.0. The first-order valence-corrected chi connectivity index (χ1v) is 7.50. The standard InChI is InChI=1S/C15H12ClIN2O2/c1-21-15(20)14(12-9-10(16)7-8-13(12)17)19-18-11-5-3-2-4-6-11/h2-9,18H,1H3/b19-14-. The lowest BCUT2D eigenvalue weighted by Crippen LogP contribution is -2.20. The largest absolute Gasteiger partial charge is 0.464 e. The highest BCUT2D eigenvalue weighted by molar-refractivity contribution is 14.1. The number of para-hydroxylation sites is 1. The zero-order valence-electron chi connectivity index (χ0n) is 11.1. The summed E-state index contributed by atoms with van der Waals surface area (Å²) >= 11 is 8.12. The molecule has 2 rings (SSSR count). The zero-order valence-corrected chi connectivity index (χ0v) is 14.1. The summed E-state index contributed by atoms with van der Waals surface area (Å²) in [5, 5.41) is 4.69. The molecule has 4 nitrogen and oxygen atoms in total. The molecule has 0 aliphatic heterocycles. The minimum absolute atomic E-state index is 0.174. The van der Waals surface area contributed by atoms with Crippen molar-refractivity contribution in [2.45, 2.75) is 0 Å². The van der Waals surface area contributed by atoms with Crippen molar-refractivity contribution in [3.05, 3.63) is 62.7 Å². The number of esters is 1. The highest BCUT2D eigenvalue weighted by Gasteiger charge is 2.18. The molecule has 0 radical (unpaired) electrons. The van der Waals surface area contributed by atoms with Crippen LogP contribution in [0.25, 0.3) is 0 Å². The monoisotopic (exact) mass is 414 g/mol. The fourth-order valence-electron chi connectivity index (χ4n) is 1.62. The first-order valence-electron chi connectivity index (χ1n) is 6.04. The van der Waals surface area contributed by atoms with Crippen LogP contribution in [-0.4, -0.2) is 18.8 Å². The number of carbonyl (C=O) groups excluding carboxylic acids is 1. The van der Waals surface area contributed by atoms with Crippen molar-refractivity contribution in [2.75, 3.05) is 12.5 Å². The van der Waals surface area contributed by atoms with Gasteiger partial charge in [-0.2, -0.15) is 5.10 Å². The fraction of sp³-hybridized carbons (Fsp3) is 0.0667. The summed E-state index contributed by atoms with van der Waals surface area (Å²) in [4.78, 5) is 12.0. The molecule has 0 saturated carbocycles. The summed E-state index contributed by atoms with van der Waals surface area (Å²) in [6.07, 6.45) is 0. The summed E-state index contributed by atoms with van der Waals surface area (Å²) in [7, 11) is 1.32. The van der Waals surface area contributed by atoms with E-state index in [1.807, 2.05) is 36.4 Å². The number of anilines is 1. The molecule has 0 unspecified atom stereocenters. The van der Waals surface area contributed by atoms with E-state index in [-0.39, 0.29) is 5.71 Å². The lowest BCUT2D eigenvalue weighted by Gasteiger charge is -2.08. The Balaban J connectivity index is 2.39. The van der Waals surface area contributed by atoms with Gasteiger partial charge in [-0.1, -0.05) is 29.8 Å². The van der Waals surface area contributed by atoms with Gasteiger partial charge >= 0.3 is 5.97 Å². The SMILES string of the molecule is COC(=O)/C(=N\Nc1ccccc1)c1cc(Cl)ccc1I. The van der Waals surface area contributed by atoms with Crippen molar-refractivity contribution in [2.24, 2.45) is 5.10 Å². The molecule has 0 heterocycles. The van der Waals surface area contributed by atoms with E-state index < -0.39 is 5.97 Å². The van der Waals surface area contributed by atoms with Crippen LogP contribution in [0, 0.1) is 3.57 Å². The molecule has 0 atom stereocenters.